The molecule has 0 aromatic rings. The van der Waals surface area contributed by atoms with Crippen LogP contribution in [0.15, 0.2) is 0 Å². The van der Waals surface area contributed by atoms with E-state index in [9.17, 15) is 9.59 Å². The molecular formula is C23H42O4. The molecule has 1 unspecified atom stereocenters. The zero-order chi connectivity index (χ0) is 20.1. The van der Waals surface area contributed by atoms with Gasteiger partial charge in [0.1, 0.15) is 0 Å². The summed E-state index contributed by atoms with van der Waals surface area (Å²) in [4.78, 5) is 23.2. The summed E-state index contributed by atoms with van der Waals surface area (Å²) >= 11 is 0. The first kappa shape index (κ1) is 24.0. The minimum atomic E-state index is -0.731. The third-order valence-corrected chi connectivity index (χ3v) is 5.87. The SMILES string of the molecule is CC(C)CCCCCCCCCCC(C)OC(=O)C1CCC(C(=O)O)CC1. The maximum absolute atomic E-state index is 12.2. The topological polar surface area (TPSA) is 63.6 Å². The molecule has 1 atom stereocenters. The van der Waals surface area contributed by atoms with Crippen molar-refractivity contribution in [2.75, 3.05) is 0 Å². The highest BCUT2D eigenvalue weighted by Gasteiger charge is 2.31. The number of hydrogen-bond acceptors (Lipinski definition) is 3. The van der Waals surface area contributed by atoms with Gasteiger partial charge in [-0.1, -0.05) is 65.2 Å². The molecule has 1 saturated carbocycles. The van der Waals surface area contributed by atoms with Crippen LogP contribution >= 0.6 is 0 Å². The number of carboxylic acid groups (broad SMARTS) is 1. The van der Waals surface area contributed by atoms with E-state index in [1.165, 1.54) is 51.4 Å². The van der Waals surface area contributed by atoms with Gasteiger partial charge in [-0.05, 0) is 51.4 Å². The molecule has 27 heavy (non-hydrogen) atoms. The van der Waals surface area contributed by atoms with Crippen molar-refractivity contribution in [1.82, 2.24) is 0 Å². The van der Waals surface area contributed by atoms with Crippen molar-refractivity contribution in [3.8, 4) is 0 Å². The molecule has 4 heteroatoms. The maximum Gasteiger partial charge on any atom is 0.309 e. The van der Waals surface area contributed by atoms with Gasteiger partial charge in [0.15, 0.2) is 0 Å². The van der Waals surface area contributed by atoms with Gasteiger partial charge in [-0.15, -0.1) is 0 Å². The van der Waals surface area contributed by atoms with Crippen molar-refractivity contribution in [2.45, 2.75) is 117 Å². The molecule has 1 rings (SSSR count). The molecule has 1 aliphatic rings. The van der Waals surface area contributed by atoms with Crippen LogP contribution in [-0.4, -0.2) is 23.1 Å². The molecule has 1 N–H and O–H groups in total. The van der Waals surface area contributed by atoms with Crippen molar-refractivity contribution < 1.29 is 19.4 Å². The number of esters is 1. The van der Waals surface area contributed by atoms with E-state index < -0.39 is 5.97 Å². The van der Waals surface area contributed by atoms with E-state index in [4.69, 9.17) is 9.84 Å². The molecule has 0 aromatic carbocycles. The fourth-order valence-corrected chi connectivity index (χ4v) is 3.97. The highest BCUT2D eigenvalue weighted by molar-refractivity contribution is 5.74. The predicted molar refractivity (Wildman–Crippen MR) is 110 cm³/mol. The van der Waals surface area contributed by atoms with Crippen molar-refractivity contribution in [1.29, 1.82) is 0 Å². The third kappa shape index (κ3) is 11.4. The molecule has 0 bridgehead atoms. The summed E-state index contributed by atoms with van der Waals surface area (Å²) in [6.45, 7) is 6.57. The van der Waals surface area contributed by atoms with Gasteiger partial charge in [0.05, 0.1) is 17.9 Å². The van der Waals surface area contributed by atoms with Gasteiger partial charge in [-0.2, -0.15) is 0 Å². The second-order valence-electron chi connectivity index (χ2n) is 8.93. The van der Waals surface area contributed by atoms with Gasteiger partial charge in [-0.25, -0.2) is 0 Å². The normalized spacial score (nSPS) is 21.2. The van der Waals surface area contributed by atoms with Crippen LogP contribution in [0.4, 0.5) is 0 Å². The molecule has 0 aromatic heterocycles. The van der Waals surface area contributed by atoms with Crippen molar-refractivity contribution in [3.05, 3.63) is 0 Å². The summed E-state index contributed by atoms with van der Waals surface area (Å²) < 4.78 is 5.59. The van der Waals surface area contributed by atoms with Gasteiger partial charge in [0.25, 0.3) is 0 Å². The molecule has 0 heterocycles. The molecule has 1 fully saturated rings. The second kappa shape index (κ2) is 14.0. The average molecular weight is 383 g/mol. The Balaban J connectivity index is 1.97. The Labute approximate surface area is 166 Å². The lowest BCUT2D eigenvalue weighted by molar-refractivity contribution is -0.156. The van der Waals surface area contributed by atoms with Crippen molar-refractivity contribution >= 4 is 11.9 Å². The predicted octanol–water partition coefficient (Wildman–Crippen LogP) is 6.37. The number of ether oxygens (including phenoxy) is 1. The standard InChI is InChI=1S/C23H42O4/c1-18(2)12-10-8-6-4-5-7-9-11-13-19(3)27-23(26)21-16-14-20(15-17-21)22(24)25/h18-21H,4-17H2,1-3H3,(H,24,25). The number of aliphatic carboxylic acids is 1. The largest absolute Gasteiger partial charge is 0.481 e. The first-order chi connectivity index (χ1) is 12.9. The quantitative estimate of drug-likeness (QED) is 0.280. The first-order valence-electron chi connectivity index (χ1n) is 11.3. The number of rotatable bonds is 14. The van der Waals surface area contributed by atoms with Crippen LogP contribution in [0.5, 0.6) is 0 Å². The minimum absolute atomic E-state index is 0.0225. The number of carbonyl (C=O) groups excluding carboxylic acids is 1. The fourth-order valence-electron chi connectivity index (χ4n) is 3.97. The highest BCUT2D eigenvalue weighted by Crippen LogP contribution is 2.30. The third-order valence-electron chi connectivity index (χ3n) is 5.87. The van der Waals surface area contributed by atoms with Crippen LogP contribution in [0.3, 0.4) is 0 Å². The zero-order valence-corrected chi connectivity index (χ0v) is 17.9. The Kier molecular flexibility index (Phi) is 12.4. The summed E-state index contributed by atoms with van der Waals surface area (Å²) in [7, 11) is 0. The molecule has 0 aliphatic heterocycles. The van der Waals surface area contributed by atoms with E-state index in [-0.39, 0.29) is 23.9 Å². The van der Waals surface area contributed by atoms with E-state index in [0.717, 1.165) is 18.8 Å². The van der Waals surface area contributed by atoms with Crippen LogP contribution in [0.1, 0.15) is 111 Å². The molecule has 0 saturated heterocycles. The second-order valence-corrected chi connectivity index (χ2v) is 8.93. The highest BCUT2D eigenvalue weighted by atomic mass is 16.5. The Morgan fingerprint density at radius 3 is 1.70 bits per heavy atom. The molecule has 158 valence electrons. The van der Waals surface area contributed by atoms with E-state index in [1.807, 2.05) is 6.92 Å². The molecule has 0 spiro atoms. The molecule has 4 nitrogen and oxygen atoms in total. The van der Waals surface area contributed by atoms with E-state index in [2.05, 4.69) is 13.8 Å². The van der Waals surface area contributed by atoms with Crippen LogP contribution < -0.4 is 0 Å². The number of unbranched alkanes of at least 4 members (excludes halogenated alkanes) is 7. The number of hydrogen-bond donors (Lipinski definition) is 1. The number of carboxylic acids is 1. The fraction of sp³-hybridized carbons (Fsp3) is 0.913. The molecule has 0 radical (unpaired) electrons. The van der Waals surface area contributed by atoms with Gasteiger partial charge in [0, 0.05) is 0 Å². The van der Waals surface area contributed by atoms with Gasteiger partial charge in [-0.3, -0.25) is 9.59 Å². The Morgan fingerprint density at radius 1 is 0.778 bits per heavy atom. The van der Waals surface area contributed by atoms with Crippen LogP contribution in [0.2, 0.25) is 0 Å². The van der Waals surface area contributed by atoms with Gasteiger partial charge < -0.3 is 9.84 Å². The lowest BCUT2D eigenvalue weighted by Gasteiger charge is -2.25. The first-order valence-corrected chi connectivity index (χ1v) is 11.3. The Morgan fingerprint density at radius 2 is 1.22 bits per heavy atom. The summed E-state index contributed by atoms with van der Waals surface area (Å²) in [6.07, 6.45) is 15.2. The summed E-state index contributed by atoms with van der Waals surface area (Å²) in [5.74, 6) is -0.389. The Bertz CT molecular complexity index is 411. The minimum Gasteiger partial charge on any atom is -0.481 e. The van der Waals surface area contributed by atoms with E-state index >= 15 is 0 Å². The lowest BCUT2D eigenvalue weighted by atomic mass is 9.82. The van der Waals surface area contributed by atoms with Crippen molar-refractivity contribution in [2.24, 2.45) is 17.8 Å². The summed E-state index contributed by atoms with van der Waals surface area (Å²) in [6, 6.07) is 0. The molecular weight excluding hydrogens is 340 g/mol. The number of carbonyl (C=O) groups is 2. The Hall–Kier alpha value is -1.06. The van der Waals surface area contributed by atoms with E-state index in [0.29, 0.717) is 25.7 Å². The summed E-state index contributed by atoms with van der Waals surface area (Å²) in [5.41, 5.74) is 0. The van der Waals surface area contributed by atoms with Gasteiger partial charge in [0.2, 0.25) is 0 Å². The molecule has 0 amide bonds. The van der Waals surface area contributed by atoms with Crippen LogP contribution in [0.25, 0.3) is 0 Å². The molecule has 1 aliphatic carbocycles. The lowest BCUT2D eigenvalue weighted by Crippen LogP contribution is -2.29. The monoisotopic (exact) mass is 382 g/mol. The van der Waals surface area contributed by atoms with Crippen LogP contribution in [-0.2, 0) is 14.3 Å². The summed E-state index contributed by atoms with van der Waals surface area (Å²) in [5, 5.41) is 9.02. The average Bonchev–Trinajstić information content (AvgIpc) is 2.63. The zero-order valence-electron chi connectivity index (χ0n) is 17.9. The van der Waals surface area contributed by atoms with Crippen molar-refractivity contribution in [3.63, 3.8) is 0 Å². The maximum atomic E-state index is 12.2. The smallest absolute Gasteiger partial charge is 0.309 e. The van der Waals surface area contributed by atoms with Crippen LogP contribution in [0, 0.1) is 17.8 Å². The van der Waals surface area contributed by atoms with E-state index in [1.54, 1.807) is 0 Å². The van der Waals surface area contributed by atoms with Gasteiger partial charge >= 0.3 is 11.9 Å².